The van der Waals surface area contributed by atoms with E-state index in [0.717, 1.165) is 36.2 Å². The van der Waals surface area contributed by atoms with Gasteiger partial charge >= 0.3 is 5.97 Å². The molecule has 1 saturated heterocycles. The Balaban J connectivity index is 1.37. The highest BCUT2D eigenvalue weighted by molar-refractivity contribution is 6.30. The number of methoxy groups -OCH3 is 1. The van der Waals surface area contributed by atoms with E-state index in [0.29, 0.717) is 36.8 Å². The van der Waals surface area contributed by atoms with Gasteiger partial charge in [0, 0.05) is 37.7 Å². The smallest absolute Gasteiger partial charge is 0.337 e. The van der Waals surface area contributed by atoms with Crippen molar-refractivity contribution >= 4 is 23.5 Å². The maximum atomic E-state index is 13.3. The first-order valence-electron chi connectivity index (χ1n) is 13.1. The van der Waals surface area contributed by atoms with Crippen LogP contribution in [0.5, 0.6) is 0 Å². The predicted octanol–water partition coefficient (Wildman–Crippen LogP) is 5.72. The Morgan fingerprint density at radius 3 is 2.13 bits per heavy atom. The van der Waals surface area contributed by atoms with Crippen LogP contribution in [0, 0.1) is 0 Å². The van der Waals surface area contributed by atoms with E-state index in [1.54, 1.807) is 12.1 Å². The van der Waals surface area contributed by atoms with Gasteiger partial charge < -0.3 is 14.4 Å². The van der Waals surface area contributed by atoms with Crippen molar-refractivity contribution in [3.63, 3.8) is 0 Å². The van der Waals surface area contributed by atoms with Gasteiger partial charge in [0.1, 0.15) is 0 Å². The Kier molecular flexibility index (Phi) is 9.93. The van der Waals surface area contributed by atoms with Gasteiger partial charge in [-0.25, -0.2) is 4.79 Å². The van der Waals surface area contributed by atoms with Crippen molar-refractivity contribution in [1.29, 1.82) is 0 Å². The third kappa shape index (κ3) is 7.22. The fraction of sp³-hybridized carbons (Fsp3) is 0.355. The summed E-state index contributed by atoms with van der Waals surface area (Å²) in [5.41, 5.74) is 3.61. The number of amides is 1. The van der Waals surface area contributed by atoms with Crippen LogP contribution < -0.4 is 0 Å². The second-order valence-electron chi connectivity index (χ2n) is 9.54. The molecule has 3 aromatic rings. The van der Waals surface area contributed by atoms with E-state index in [9.17, 15) is 9.59 Å². The Labute approximate surface area is 230 Å². The molecule has 0 radical (unpaired) electrons. The van der Waals surface area contributed by atoms with Crippen molar-refractivity contribution in [3.05, 3.63) is 106 Å². The van der Waals surface area contributed by atoms with Crippen LogP contribution in [-0.4, -0.2) is 61.5 Å². The summed E-state index contributed by atoms with van der Waals surface area (Å²) in [6.07, 6.45) is 0.624. The molecule has 1 fully saturated rings. The number of esters is 1. The summed E-state index contributed by atoms with van der Waals surface area (Å²) in [7, 11) is 1.37. The number of hydrogen-bond acceptors (Lipinski definition) is 5. The average molecular weight is 535 g/mol. The Hall–Kier alpha value is -3.19. The van der Waals surface area contributed by atoms with Gasteiger partial charge in [-0.15, -0.1) is 0 Å². The molecule has 0 spiro atoms. The molecule has 2 unspecified atom stereocenters. The van der Waals surface area contributed by atoms with Crippen LogP contribution in [0.1, 0.15) is 52.4 Å². The van der Waals surface area contributed by atoms with E-state index in [1.807, 2.05) is 71.6 Å². The third-order valence-corrected chi connectivity index (χ3v) is 7.34. The molecule has 0 aliphatic carbocycles. The Bertz CT molecular complexity index is 1180. The highest BCUT2D eigenvalue weighted by Gasteiger charge is 2.28. The molecule has 0 aromatic heterocycles. The van der Waals surface area contributed by atoms with Gasteiger partial charge in [-0.1, -0.05) is 73.1 Å². The normalized spacial score (nSPS) is 15.6. The first-order chi connectivity index (χ1) is 18.5. The van der Waals surface area contributed by atoms with Crippen LogP contribution in [0.3, 0.4) is 0 Å². The molecule has 200 valence electrons. The SMILES string of the molecule is CCC(C(=O)N1CCN(CC(OCc2ccc(C(=O)OC)cc2)c2ccc(Cl)cc2)CC1)c1ccccc1. The maximum Gasteiger partial charge on any atom is 0.337 e. The first-order valence-corrected chi connectivity index (χ1v) is 13.5. The molecule has 0 bridgehead atoms. The predicted molar refractivity (Wildman–Crippen MR) is 149 cm³/mol. The number of carbonyl (C=O) groups is 2. The summed E-state index contributed by atoms with van der Waals surface area (Å²) in [4.78, 5) is 29.4. The number of rotatable bonds is 10. The molecular weight excluding hydrogens is 500 g/mol. The highest BCUT2D eigenvalue weighted by atomic mass is 35.5. The molecule has 7 heteroatoms. The average Bonchev–Trinajstić information content (AvgIpc) is 2.97. The van der Waals surface area contributed by atoms with Crippen LogP contribution in [0.15, 0.2) is 78.9 Å². The molecule has 1 amide bonds. The molecule has 38 heavy (non-hydrogen) atoms. The number of hydrogen-bond donors (Lipinski definition) is 0. The van der Waals surface area contributed by atoms with Gasteiger partial charge in [0.05, 0.1) is 31.3 Å². The molecule has 1 heterocycles. The molecule has 4 rings (SSSR count). The molecule has 6 nitrogen and oxygen atoms in total. The van der Waals surface area contributed by atoms with Gasteiger partial charge in [-0.05, 0) is 47.4 Å². The second kappa shape index (κ2) is 13.6. The lowest BCUT2D eigenvalue weighted by Gasteiger charge is -2.38. The fourth-order valence-electron chi connectivity index (χ4n) is 4.83. The number of nitrogens with zero attached hydrogens (tertiary/aromatic N) is 2. The van der Waals surface area contributed by atoms with Crippen molar-refractivity contribution in [1.82, 2.24) is 9.80 Å². The second-order valence-corrected chi connectivity index (χ2v) is 9.97. The van der Waals surface area contributed by atoms with E-state index in [1.165, 1.54) is 7.11 Å². The van der Waals surface area contributed by atoms with E-state index in [-0.39, 0.29) is 23.9 Å². The maximum absolute atomic E-state index is 13.3. The van der Waals surface area contributed by atoms with Crippen LogP contribution in [0.4, 0.5) is 0 Å². The highest BCUT2D eigenvalue weighted by Crippen LogP contribution is 2.25. The zero-order chi connectivity index (χ0) is 26.9. The van der Waals surface area contributed by atoms with Gasteiger partial charge in [-0.3, -0.25) is 9.69 Å². The molecule has 0 N–H and O–H groups in total. The van der Waals surface area contributed by atoms with Gasteiger partial charge in [0.2, 0.25) is 5.91 Å². The lowest BCUT2D eigenvalue weighted by molar-refractivity contribution is -0.135. The third-order valence-electron chi connectivity index (χ3n) is 7.08. The van der Waals surface area contributed by atoms with Gasteiger partial charge in [0.15, 0.2) is 0 Å². The lowest BCUT2D eigenvalue weighted by atomic mass is 9.95. The quantitative estimate of drug-likeness (QED) is 0.311. The zero-order valence-electron chi connectivity index (χ0n) is 22.0. The lowest BCUT2D eigenvalue weighted by Crippen LogP contribution is -2.50. The van der Waals surface area contributed by atoms with Crippen LogP contribution in [0.25, 0.3) is 0 Å². The number of piperazine rings is 1. The van der Waals surface area contributed by atoms with E-state index >= 15 is 0 Å². The Morgan fingerprint density at radius 2 is 1.53 bits per heavy atom. The summed E-state index contributed by atoms with van der Waals surface area (Å²) in [5.74, 6) is -0.249. The minimum Gasteiger partial charge on any atom is -0.465 e. The number of carbonyl (C=O) groups excluding carboxylic acids is 2. The van der Waals surface area contributed by atoms with Crippen molar-refractivity contribution in [3.8, 4) is 0 Å². The van der Waals surface area contributed by atoms with Crippen molar-refractivity contribution in [2.75, 3.05) is 39.8 Å². The van der Waals surface area contributed by atoms with E-state index in [4.69, 9.17) is 21.1 Å². The summed E-state index contributed by atoms with van der Waals surface area (Å²) >= 11 is 6.13. The topological polar surface area (TPSA) is 59.1 Å². The Morgan fingerprint density at radius 1 is 0.868 bits per heavy atom. The minimum absolute atomic E-state index is 0.0986. The monoisotopic (exact) mass is 534 g/mol. The number of ether oxygens (including phenoxy) is 2. The zero-order valence-corrected chi connectivity index (χ0v) is 22.8. The van der Waals surface area contributed by atoms with E-state index < -0.39 is 0 Å². The molecule has 1 aliphatic rings. The fourth-order valence-corrected chi connectivity index (χ4v) is 4.95. The van der Waals surface area contributed by atoms with Crippen LogP contribution >= 0.6 is 11.6 Å². The summed E-state index contributed by atoms with van der Waals surface area (Å²) in [6, 6.07) is 25.1. The van der Waals surface area contributed by atoms with Crippen LogP contribution in [0.2, 0.25) is 5.02 Å². The first kappa shape index (κ1) is 27.8. The van der Waals surface area contributed by atoms with E-state index in [2.05, 4.69) is 11.8 Å². The minimum atomic E-state index is -0.358. The number of benzene rings is 3. The largest absolute Gasteiger partial charge is 0.465 e. The summed E-state index contributed by atoms with van der Waals surface area (Å²) < 4.78 is 11.2. The molecule has 3 aromatic carbocycles. The summed E-state index contributed by atoms with van der Waals surface area (Å²) in [5, 5.41) is 0.682. The van der Waals surface area contributed by atoms with Crippen LogP contribution in [-0.2, 0) is 20.9 Å². The van der Waals surface area contributed by atoms with Gasteiger partial charge in [-0.2, -0.15) is 0 Å². The number of halogens is 1. The molecule has 1 aliphatic heterocycles. The molecular formula is C31H35ClN2O4. The summed E-state index contributed by atoms with van der Waals surface area (Å²) in [6.45, 7) is 6.16. The van der Waals surface area contributed by atoms with Gasteiger partial charge in [0.25, 0.3) is 0 Å². The molecule has 2 atom stereocenters. The van der Waals surface area contributed by atoms with Crippen molar-refractivity contribution in [2.45, 2.75) is 32.0 Å². The molecule has 0 saturated carbocycles. The van der Waals surface area contributed by atoms with Crippen molar-refractivity contribution in [2.24, 2.45) is 0 Å². The van der Waals surface area contributed by atoms with Crippen molar-refractivity contribution < 1.29 is 19.1 Å². The standard InChI is InChI=1S/C31H35ClN2O4/c1-3-28(24-7-5-4-6-8-24)30(35)34-19-17-33(18-20-34)21-29(25-13-15-27(32)16-14-25)38-22-23-9-11-26(12-10-23)31(36)37-2/h4-16,28-29H,3,17-22H2,1-2H3.